The molecule has 3 nitrogen and oxygen atoms in total. The first-order valence-corrected chi connectivity index (χ1v) is 7.51. The van der Waals surface area contributed by atoms with E-state index in [1.54, 1.807) is 0 Å². The topological polar surface area (TPSA) is 38.3 Å². The molecule has 1 amide bonds. The zero-order valence-electron chi connectivity index (χ0n) is 12.1. The third-order valence-corrected chi connectivity index (χ3v) is 3.67. The summed E-state index contributed by atoms with van der Waals surface area (Å²) in [6.45, 7) is 4.15. The van der Waals surface area contributed by atoms with Crippen molar-refractivity contribution in [1.82, 2.24) is 5.32 Å². The molecule has 0 bridgehead atoms. The summed E-state index contributed by atoms with van der Waals surface area (Å²) in [5.41, 5.74) is 1.47. The number of halogens is 1. The number of ether oxygens (including phenoxy) is 1. The van der Waals surface area contributed by atoms with Crippen molar-refractivity contribution >= 4 is 22.0 Å². The highest BCUT2D eigenvalue weighted by atomic mass is 79.9. The molecule has 2 aromatic carbocycles. The van der Waals surface area contributed by atoms with E-state index in [0.29, 0.717) is 0 Å². The van der Waals surface area contributed by atoms with Crippen molar-refractivity contribution in [1.29, 1.82) is 0 Å². The molecule has 0 saturated carbocycles. The third kappa shape index (κ3) is 4.60. The molecule has 0 fully saturated rings. The summed E-state index contributed by atoms with van der Waals surface area (Å²) in [7, 11) is 0. The van der Waals surface area contributed by atoms with Gasteiger partial charge in [-0.15, -0.1) is 0 Å². The van der Waals surface area contributed by atoms with Gasteiger partial charge in [0.25, 0.3) is 0 Å². The largest absolute Gasteiger partial charge is 0.445 e. The van der Waals surface area contributed by atoms with E-state index in [-0.39, 0.29) is 6.61 Å². The third-order valence-electron chi connectivity index (χ3n) is 3.17. The summed E-state index contributed by atoms with van der Waals surface area (Å²) >= 11 is 3.44. The molecule has 0 atom stereocenters. The first-order chi connectivity index (χ1) is 9.97. The second kappa shape index (κ2) is 6.76. The van der Waals surface area contributed by atoms with Crippen LogP contribution in [0.3, 0.4) is 0 Å². The number of alkyl carbamates (subject to hydrolysis) is 1. The predicted molar refractivity (Wildman–Crippen MR) is 86.9 cm³/mol. The van der Waals surface area contributed by atoms with Gasteiger partial charge in [-0.3, -0.25) is 0 Å². The fourth-order valence-corrected chi connectivity index (χ4v) is 2.36. The number of carbonyl (C=O) groups is 1. The summed E-state index contributed by atoms with van der Waals surface area (Å²) in [6.07, 6.45) is -0.427. The van der Waals surface area contributed by atoms with Crippen LogP contribution in [-0.2, 0) is 16.9 Å². The van der Waals surface area contributed by atoms with Gasteiger partial charge >= 0.3 is 6.09 Å². The molecule has 0 aliphatic carbocycles. The van der Waals surface area contributed by atoms with Gasteiger partial charge in [0.05, 0.1) is 5.54 Å². The van der Waals surface area contributed by atoms with E-state index in [0.717, 1.165) is 15.6 Å². The van der Waals surface area contributed by atoms with Crippen molar-refractivity contribution in [3.8, 4) is 0 Å². The van der Waals surface area contributed by atoms with Gasteiger partial charge in [-0.2, -0.15) is 0 Å². The molecule has 0 aliphatic rings. The van der Waals surface area contributed by atoms with E-state index in [2.05, 4.69) is 21.2 Å². The van der Waals surface area contributed by atoms with Crippen LogP contribution >= 0.6 is 15.9 Å². The minimum absolute atomic E-state index is 0.265. The second-order valence-corrected chi connectivity index (χ2v) is 6.24. The van der Waals surface area contributed by atoms with Crippen LogP contribution in [0.1, 0.15) is 25.0 Å². The molecule has 0 spiro atoms. The van der Waals surface area contributed by atoms with Crippen molar-refractivity contribution in [2.45, 2.75) is 26.0 Å². The zero-order chi connectivity index (χ0) is 15.3. The number of benzene rings is 2. The van der Waals surface area contributed by atoms with Gasteiger partial charge in [-0.25, -0.2) is 4.79 Å². The standard InChI is InChI=1S/C17H18BrNO2/c1-17(2,14-9-6-10-15(18)11-14)19-16(20)21-12-13-7-4-3-5-8-13/h3-11H,12H2,1-2H3,(H,19,20). The van der Waals surface area contributed by atoms with Gasteiger partial charge in [0.1, 0.15) is 6.61 Å². The highest BCUT2D eigenvalue weighted by molar-refractivity contribution is 9.10. The van der Waals surface area contributed by atoms with E-state index in [4.69, 9.17) is 4.74 Å². The van der Waals surface area contributed by atoms with E-state index >= 15 is 0 Å². The maximum Gasteiger partial charge on any atom is 0.408 e. The van der Waals surface area contributed by atoms with Crippen LogP contribution in [0.15, 0.2) is 59.1 Å². The number of nitrogens with one attached hydrogen (secondary N) is 1. The number of hydrogen-bond donors (Lipinski definition) is 1. The SMILES string of the molecule is CC(C)(NC(=O)OCc1ccccc1)c1cccc(Br)c1. The molecular weight excluding hydrogens is 330 g/mol. The van der Waals surface area contributed by atoms with Gasteiger partial charge < -0.3 is 10.1 Å². The Morgan fingerprint density at radius 1 is 1.14 bits per heavy atom. The number of carbonyl (C=O) groups excluding carboxylic acids is 1. The summed E-state index contributed by atoms with van der Waals surface area (Å²) < 4.78 is 6.23. The van der Waals surface area contributed by atoms with Crippen LogP contribution in [0, 0.1) is 0 Å². The highest BCUT2D eigenvalue weighted by Gasteiger charge is 2.23. The maximum absolute atomic E-state index is 11.9. The summed E-state index contributed by atoms with van der Waals surface area (Å²) in [6, 6.07) is 17.5. The Kier molecular flexibility index (Phi) is 5.02. The molecule has 1 N–H and O–H groups in total. The number of amides is 1. The van der Waals surface area contributed by atoms with Crippen molar-refractivity contribution in [3.05, 3.63) is 70.2 Å². The maximum atomic E-state index is 11.9. The zero-order valence-corrected chi connectivity index (χ0v) is 13.7. The lowest BCUT2D eigenvalue weighted by Gasteiger charge is -2.26. The van der Waals surface area contributed by atoms with Crippen molar-refractivity contribution in [3.63, 3.8) is 0 Å². The van der Waals surface area contributed by atoms with E-state index < -0.39 is 11.6 Å². The fraction of sp³-hybridized carbons (Fsp3) is 0.235. The Bertz CT molecular complexity index is 611. The lowest BCUT2D eigenvalue weighted by Crippen LogP contribution is -2.41. The second-order valence-electron chi connectivity index (χ2n) is 5.32. The molecule has 2 aromatic rings. The van der Waals surface area contributed by atoms with E-state index in [1.807, 2.05) is 68.4 Å². The highest BCUT2D eigenvalue weighted by Crippen LogP contribution is 2.23. The minimum Gasteiger partial charge on any atom is -0.445 e. The van der Waals surface area contributed by atoms with Crippen molar-refractivity contribution < 1.29 is 9.53 Å². The lowest BCUT2D eigenvalue weighted by atomic mass is 9.95. The number of hydrogen-bond acceptors (Lipinski definition) is 2. The van der Waals surface area contributed by atoms with Crippen LogP contribution < -0.4 is 5.32 Å². The molecule has 0 aliphatic heterocycles. The van der Waals surface area contributed by atoms with Crippen LogP contribution in [0.4, 0.5) is 4.79 Å². The first-order valence-electron chi connectivity index (χ1n) is 6.72. The average Bonchev–Trinajstić information content (AvgIpc) is 2.46. The van der Waals surface area contributed by atoms with Crippen LogP contribution in [0.2, 0.25) is 0 Å². The van der Waals surface area contributed by atoms with Crippen molar-refractivity contribution in [2.75, 3.05) is 0 Å². The Balaban J connectivity index is 1.95. The Labute approximate surface area is 133 Å². The summed E-state index contributed by atoms with van der Waals surface area (Å²) in [5, 5.41) is 2.89. The van der Waals surface area contributed by atoms with Gasteiger partial charge in [0.2, 0.25) is 0 Å². The Hall–Kier alpha value is -1.81. The monoisotopic (exact) mass is 347 g/mol. The predicted octanol–water partition coefficient (Wildman–Crippen LogP) is 4.61. The fourth-order valence-electron chi connectivity index (χ4n) is 1.96. The molecule has 21 heavy (non-hydrogen) atoms. The Morgan fingerprint density at radius 3 is 2.52 bits per heavy atom. The molecule has 0 radical (unpaired) electrons. The van der Waals surface area contributed by atoms with Crippen LogP contribution in [-0.4, -0.2) is 6.09 Å². The van der Waals surface area contributed by atoms with Crippen LogP contribution in [0.5, 0.6) is 0 Å². The minimum atomic E-state index is -0.502. The first kappa shape index (κ1) is 15.6. The normalized spacial score (nSPS) is 11.0. The molecule has 0 unspecified atom stereocenters. The van der Waals surface area contributed by atoms with Gasteiger partial charge in [0, 0.05) is 4.47 Å². The molecule has 0 saturated heterocycles. The van der Waals surface area contributed by atoms with Crippen molar-refractivity contribution in [2.24, 2.45) is 0 Å². The molecule has 2 rings (SSSR count). The summed E-state index contributed by atoms with van der Waals surface area (Å²) in [4.78, 5) is 11.9. The molecule has 4 heteroatoms. The number of rotatable bonds is 4. The molecule has 110 valence electrons. The Morgan fingerprint density at radius 2 is 1.86 bits per heavy atom. The summed E-state index contributed by atoms with van der Waals surface area (Å²) in [5.74, 6) is 0. The van der Waals surface area contributed by atoms with Gasteiger partial charge in [-0.1, -0.05) is 58.4 Å². The molecular formula is C17H18BrNO2. The van der Waals surface area contributed by atoms with E-state index in [1.165, 1.54) is 0 Å². The van der Waals surface area contributed by atoms with Crippen LogP contribution in [0.25, 0.3) is 0 Å². The van der Waals surface area contributed by atoms with Gasteiger partial charge in [-0.05, 0) is 37.1 Å². The lowest BCUT2D eigenvalue weighted by molar-refractivity contribution is 0.129. The van der Waals surface area contributed by atoms with Gasteiger partial charge in [0.15, 0.2) is 0 Å². The molecule has 0 heterocycles. The quantitative estimate of drug-likeness (QED) is 0.876. The average molecular weight is 348 g/mol. The smallest absolute Gasteiger partial charge is 0.408 e. The molecule has 0 aromatic heterocycles. The van der Waals surface area contributed by atoms with E-state index in [9.17, 15) is 4.79 Å².